The second kappa shape index (κ2) is 6.19. The first-order valence-corrected chi connectivity index (χ1v) is 10.2. The maximum absolute atomic E-state index is 11.8. The molecule has 0 unspecified atom stereocenters. The quantitative estimate of drug-likeness (QED) is 0.784. The molecule has 0 radical (unpaired) electrons. The van der Waals surface area contributed by atoms with Crippen LogP contribution in [0.1, 0.15) is 73.8 Å². The summed E-state index contributed by atoms with van der Waals surface area (Å²) in [4.78, 5) is 20.8. The number of carbonyl (C=O) groups excluding carboxylic acids is 1. The fraction of sp³-hybridized carbons (Fsp3) is 0.750. The van der Waals surface area contributed by atoms with Crippen molar-refractivity contribution in [1.29, 1.82) is 0 Å². The molecule has 1 heterocycles. The van der Waals surface area contributed by atoms with Crippen LogP contribution in [-0.2, 0) is 11.2 Å². The van der Waals surface area contributed by atoms with Gasteiger partial charge in [0.25, 0.3) is 5.91 Å². The average molecular weight is 356 g/mol. The van der Waals surface area contributed by atoms with E-state index in [4.69, 9.17) is 15.5 Å². The van der Waals surface area contributed by atoms with Gasteiger partial charge >= 0.3 is 0 Å². The lowest BCUT2D eigenvalue weighted by Gasteiger charge is -2.62. The normalized spacial score (nSPS) is 35.3. The summed E-state index contributed by atoms with van der Waals surface area (Å²) in [7, 11) is 0. The zero-order valence-corrected chi connectivity index (χ0v) is 15.2. The number of aromatic nitrogens is 2. The van der Waals surface area contributed by atoms with Gasteiger partial charge in [0.1, 0.15) is 0 Å². The lowest BCUT2D eigenvalue weighted by atomic mass is 9.43. The van der Waals surface area contributed by atoms with Crippen LogP contribution in [0.4, 0.5) is 5.95 Å². The molecule has 5 saturated carbocycles. The van der Waals surface area contributed by atoms with E-state index >= 15 is 0 Å². The van der Waals surface area contributed by atoms with Gasteiger partial charge < -0.3 is 15.8 Å². The summed E-state index contributed by atoms with van der Waals surface area (Å²) < 4.78 is 6.03. The van der Waals surface area contributed by atoms with E-state index in [1.165, 1.54) is 32.1 Å². The molecular formula is C20H28N4O2. The highest BCUT2D eigenvalue weighted by molar-refractivity contribution is 5.93. The number of anilines is 1. The molecule has 140 valence electrons. The highest BCUT2D eigenvalue weighted by Crippen LogP contribution is 2.65. The topological polar surface area (TPSA) is 90.1 Å². The Balaban J connectivity index is 1.23. The SMILES string of the molecule is NC(=O)c1cnc(NC2CCC(OC3CC3)CC2)nc1CC12CC(C1)C2. The monoisotopic (exact) mass is 356 g/mol. The van der Waals surface area contributed by atoms with E-state index in [2.05, 4.69) is 10.3 Å². The largest absolute Gasteiger partial charge is 0.375 e. The van der Waals surface area contributed by atoms with Crippen LogP contribution in [0.25, 0.3) is 0 Å². The van der Waals surface area contributed by atoms with E-state index < -0.39 is 5.91 Å². The van der Waals surface area contributed by atoms with Crippen molar-refractivity contribution in [3.63, 3.8) is 0 Å². The number of rotatable bonds is 7. The summed E-state index contributed by atoms with van der Waals surface area (Å²) in [6.07, 6.45) is 14.1. The minimum atomic E-state index is -0.420. The van der Waals surface area contributed by atoms with Gasteiger partial charge in [0.05, 0.1) is 23.5 Å². The summed E-state index contributed by atoms with van der Waals surface area (Å²) in [6.45, 7) is 0. The van der Waals surface area contributed by atoms with E-state index in [0.29, 0.717) is 35.2 Å². The van der Waals surface area contributed by atoms with Crippen molar-refractivity contribution in [1.82, 2.24) is 9.97 Å². The van der Waals surface area contributed by atoms with Gasteiger partial charge in [0.15, 0.2) is 0 Å². The third-order valence-electron chi connectivity index (χ3n) is 6.76. The van der Waals surface area contributed by atoms with Gasteiger partial charge in [-0.3, -0.25) is 4.79 Å². The molecule has 6 heteroatoms. The van der Waals surface area contributed by atoms with E-state index in [-0.39, 0.29) is 0 Å². The van der Waals surface area contributed by atoms with Gasteiger partial charge in [0.2, 0.25) is 5.95 Å². The van der Waals surface area contributed by atoms with Gasteiger partial charge in [-0.05, 0) is 75.5 Å². The van der Waals surface area contributed by atoms with Crippen molar-refractivity contribution in [2.45, 2.75) is 82.5 Å². The number of ether oxygens (including phenoxy) is 1. The fourth-order valence-corrected chi connectivity index (χ4v) is 5.06. The van der Waals surface area contributed by atoms with Crippen LogP contribution in [-0.4, -0.2) is 34.1 Å². The highest BCUT2D eigenvalue weighted by Gasteiger charge is 2.56. The second-order valence-electron chi connectivity index (χ2n) is 9.03. The Labute approximate surface area is 154 Å². The highest BCUT2D eigenvalue weighted by atomic mass is 16.5. The lowest BCUT2D eigenvalue weighted by molar-refractivity contribution is -0.105. The van der Waals surface area contributed by atoms with Gasteiger partial charge in [-0.2, -0.15) is 0 Å². The van der Waals surface area contributed by atoms with E-state index in [9.17, 15) is 4.79 Å². The van der Waals surface area contributed by atoms with E-state index in [0.717, 1.165) is 43.7 Å². The Hall–Kier alpha value is -1.69. The molecule has 6 nitrogen and oxygen atoms in total. The second-order valence-corrected chi connectivity index (χ2v) is 9.03. The van der Waals surface area contributed by atoms with Crippen molar-refractivity contribution in [3.05, 3.63) is 17.5 Å². The van der Waals surface area contributed by atoms with Crippen LogP contribution < -0.4 is 11.1 Å². The molecule has 5 fully saturated rings. The summed E-state index contributed by atoms with van der Waals surface area (Å²) in [6, 6.07) is 0.385. The predicted octanol–water partition coefficient (Wildman–Crippen LogP) is 2.82. The summed E-state index contributed by atoms with van der Waals surface area (Å²) in [5.74, 6) is 1.14. The summed E-state index contributed by atoms with van der Waals surface area (Å²) in [5, 5.41) is 3.48. The van der Waals surface area contributed by atoms with Crippen molar-refractivity contribution in [2.24, 2.45) is 17.1 Å². The molecule has 0 aliphatic heterocycles. The number of nitrogens with two attached hydrogens (primary N) is 1. The Morgan fingerprint density at radius 1 is 1.15 bits per heavy atom. The number of nitrogens with zero attached hydrogens (tertiary/aromatic N) is 2. The van der Waals surface area contributed by atoms with Gasteiger partial charge in [-0.1, -0.05) is 0 Å². The molecule has 1 aromatic heterocycles. The minimum Gasteiger partial charge on any atom is -0.375 e. The number of nitrogens with one attached hydrogen (secondary N) is 1. The van der Waals surface area contributed by atoms with Crippen molar-refractivity contribution in [3.8, 4) is 0 Å². The molecule has 0 aromatic carbocycles. The Bertz CT molecular complexity index is 693. The maximum Gasteiger partial charge on any atom is 0.252 e. The molecule has 5 aliphatic rings. The molecule has 0 atom stereocenters. The van der Waals surface area contributed by atoms with E-state index in [1.807, 2.05) is 0 Å². The number of primary amides is 1. The molecule has 1 amide bonds. The molecule has 5 aliphatic carbocycles. The van der Waals surface area contributed by atoms with Crippen molar-refractivity contribution >= 4 is 11.9 Å². The van der Waals surface area contributed by atoms with Crippen molar-refractivity contribution < 1.29 is 9.53 Å². The van der Waals surface area contributed by atoms with Gasteiger partial charge in [0, 0.05) is 12.2 Å². The van der Waals surface area contributed by atoms with Crippen LogP contribution in [0.15, 0.2) is 6.20 Å². The molecular weight excluding hydrogens is 328 g/mol. The molecule has 0 spiro atoms. The van der Waals surface area contributed by atoms with Crippen LogP contribution in [0, 0.1) is 11.3 Å². The number of hydrogen-bond donors (Lipinski definition) is 2. The average Bonchev–Trinajstić information content (AvgIpc) is 3.36. The first-order chi connectivity index (χ1) is 12.6. The predicted molar refractivity (Wildman–Crippen MR) is 97.8 cm³/mol. The Morgan fingerprint density at radius 2 is 1.81 bits per heavy atom. The Kier molecular flexibility index (Phi) is 3.92. The number of carbonyl (C=O) groups is 1. The maximum atomic E-state index is 11.8. The van der Waals surface area contributed by atoms with Gasteiger partial charge in [-0.15, -0.1) is 0 Å². The Morgan fingerprint density at radius 3 is 2.35 bits per heavy atom. The lowest BCUT2D eigenvalue weighted by Crippen LogP contribution is -2.53. The first kappa shape index (κ1) is 16.5. The fourth-order valence-electron chi connectivity index (χ4n) is 5.06. The molecule has 2 bridgehead atoms. The molecule has 1 aromatic rings. The van der Waals surface area contributed by atoms with Gasteiger partial charge in [-0.25, -0.2) is 9.97 Å². The third-order valence-corrected chi connectivity index (χ3v) is 6.76. The zero-order valence-electron chi connectivity index (χ0n) is 15.2. The first-order valence-electron chi connectivity index (χ1n) is 10.2. The molecule has 26 heavy (non-hydrogen) atoms. The van der Waals surface area contributed by atoms with Crippen LogP contribution in [0.5, 0.6) is 0 Å². The summed E-state index contributed by atoms with van der Waals surface area (Å²) >= 11 is 0. The number of hydrogen-bond acceptors (Lipinski definition) is 5. The molecule has 6 rings (SSSR count). The standard InChI is InChI=1S/C20H28N4O2/c21-18(25)16-11-22-19(24-17(16)10-20-7-12(8-20)9-20)23-13-1-3-14(4-2-13)26-15-5-6-15/h11-15H,1-10H2,(H2,21,25)(H,22,23,24). The minimum absolute atomic E-state index is 0.385. The molecule has 3 N–H and O–H groups in total. The zero-order chi connectivity index (χ0) is 17.7. The van der Waals surface area contributed by atoms with Crippen molar-refractivity contribution in [2.75, 3.05) is 5.32 Å². The van der Waals surface area contributed by atoms with E-state index in [1.54, 1.807) is 6.20 Å². The molecule has 0 saturated heterocycles. The number of amides is 1. The third kappa shape index (κ3) is 3.20. The van der Waals surface area contributed by atoms with Crippen LogP contribution in [0.3, 0.4) is 0 Å². The van der Waals surface area contributed by atoms with Crippen LogP contribution in [0.2, 0.25) is 0 Å². The smallest absolute Gasteiger partial charge is 0.252 e. The summed E-state index contributed by atoms with van der Waals surface area (Å²) in [5.41, 5.74) is 7.25. The van der Waals surface area contributed by atoms with Crippen LogP contribution >= 0.6 is 0 Å².